The lowest BCUT2D eigenvalue weighted by molar-refractivity contribution is 0.0429. The highest BCUT2D eigenvalue weighted by atomic mass is 35.5. The fourth-order valence-electron chi connectivity index (χ4n) is 4.42. The summed E-state index contributed by atoms with van der Waals surface area (Å²) >= 11 is 7.91. The molecular weight excluding hydrogens is 486 g/mol. The number of rotatable bonds is 6. The van der Waals surface area contributed by atoms with Crippen LogP contribution in [0.5, 0.6) is 0 Å². The van der Waals surface area contributed by atoms with Gasteiger partial charge in [0.1, 0.15) is 10.8 Å². The Kier molecular flexibility index (Phi) is 7.14. The van der Waals surface area contributed by atoms with Gasteiger partial charge in [-0.1, -0.05) is 24.3 Å². The topological polar surface area (TPSA) is 95.5 Å². The van der Waals surface area contributed by atoms with Crippen molar-refractivity contribution in [3.63, 3.8) is 0 Å². The Labute approximate surface area is 213 Å². The second kappa shape index (κ2) is 10.4. The molecule has 1 atom stereocenters. The van der Waals surface area contributed by atoms with E-state index in [0.717, 1.165) is 27.7 Å². The van der Waals surface area contributed by atoms with Crippen molar-refractivity contribution in [3.05, 3.63) is 57.6 Å². The smallest absolute Gasteiger partial charge is 0.320 e. The molecule has 4 heterocycles. The number of hydrogen-bond acceptors (Lipinski definition) is 8. The number of nitrogens with zero attached hydrogens (tertiary/aromatic N) is 5. The predicted molar refractivity (Wildman–Crippen MR) is 136 cm³/mol. The molecule has 0 spiro atoms. The van der Waals surface area contributed by atoms with Crippen LogP contribution in [-0.2, 0) is 24.4 Å². The van der Waals surface area contributed by atoms with E-state index in [1.54, 1.807) is 16.2 Å². The largest absolute Gasteiger partial charge is 0.378 e. The quantitative estimate of drug-likeness (QED) is 0.482. The second-order valence-corrected chi connectivity index (χ2v) is 10.0. The van der Waals surface area contributed by atoms with Gasteiger partial charge in [-0.3, -0.25) is 0 Å². The third-order valence-electron chi connectivity index (χ3n) is 6.20. The van der Waals surface area contributed by atoms with Crippen molar-refractivity contribution in [1.29, 1.82) is 0 Å². The van der Waals surface area contributed by atoms with E-state index < -0.39 is 0 Å². The molecular formula is C24H28ClN7O2S. The van der Waals surface area contributed by atoms with Crippen LogP contribution in [0.25, 0.3) is 10.4 Å². The van der Waals surface area contributed by atoms with Crippen molar-refractivity contribution in [2.75, 3.05) is 38.7 Å². The first-order chi connectivity index (χ1) is 17.0. The molecule has 0 saturated carbocycles. The Hall–Kier alpha value is -2.79. The van der Waals surface area contributed by atoms with Gasteiger partial charge in [0.2, 0.25) is 5.28 Å². The summed E-state index contributed by atoms with van der Waals surface area (Å²) in [6.45, 7) is 6.04. The monoisotopic (exact) mass is 513 g/mol. The number of urea groups is 1. The minimum atomic E-state index is -0.0933. The molecule has 1 aromatic carbocycles. The predicted octanol–water partition coefficient (Wildman–Crippen LogP) is 3.91. The number of fused-ring (bicyclic) bond motifs is 1. The minimum Gasteiger partial charge on any atom is -0.378 e. The van der Waals surface area contributed by atoms with Gasteiger partial charge in [0.15, 0.2) is 0 Å². The summed E-state index contributed by atoms with van der Waals surface area (Å²) < 4.78 is 5.37. The Morgan fingerprint density at radius 3 is 2.80 bits per heavy atom. The van der Waals surface area contributed by atoms with Crippen LogP contribution in [0.3, 0.4) is 0 Å². The molecule has 2 amide bonds. The zero-order valence-electron chi connectivity index (χ0n) is 19.8. The molecule has 0 aliphatic carbocycles. The molecule has 1 fully saturated rings. The van der Waals surface area contributed by atoms with E-state index in [4.69, 9.17) is 16.3 Å². The molecule has 2 aliphatic rings. The maximum absolute atomic E-state index is 13.0. The third-order valence-corrected chi connectivity index (χ3v) is 7.59. The summed E-state index contributed by atoms with van der Waals surface area (Å²) in [6.07, 6.45) is 1.92. The van der Waals surface area contributed by atoms with Gasteiger partial charge in [-0.15, -0.1) is 11.3 Å². The van der Waals surface area contributed by atoms with Crippen LogP contribution < -0.4 is 10.6 Å². The summed E-state index contributed by atoms with van der Waals surface area (Å²) in [7, 11) is 1.95. The molecule has 2 N–H and O–H groups in total. The van der Waals surface area contributed by atoms with Crippen molar-refractivity contribution in [2.45, 2.75) is 32.6 Å². The molecule has 0 bridgehead atoms. The normalized spacial score (nSPS) is 16.3. The van der Waals surface area contributed by atoms with Gasteiger partial charge in [-0.2, -0.15) is 0 Å². The van der Waals surface area contributed by atoms with E-state index in [2.05, 4.69) is 50.7 Å². The summed E-state index contributed by atoms with van der Waals surface area (Å²) in [4.78, 5) is 31.3. The number of halogens is 1. The number of thiazole rings is 1. The number of carbonyl (C=O) groups excluding carboxylic acids is 1. The molecule has 1 unspecified atom stereocenters. The number of carbonyl (C=O) groups is 1. The first kappa shape index (κ1) is 23.9. The van der Waals surface area contributed by atoms with Crippen LogP contribution in [0.4, 0.5) is 10.6 Å². The van der Waals surface area contributed by atoms with Crippen LogP contribution in [0.15, 0.2) is 30.5 Å². The fraction of sp³-hybridized carbons (Fsp3) is 0.417. The second-order valence-electron chi connectivity index (χ2n) is 8.62. The average Bonchev–Trinajstić information content (AvgIpc) is 3.53. The molecule has 11 heteroatoms. The Balaban J connectivity index is 1.33. The van der Waals surface area contributed by atoms with Crippen molar-refractivity contribution in [3.8, 4) is 10.4 Å². The van der Waals surface area contributed by atoms with Crippen LogP contribution in [-0.4, -0.2) is 64.1 Å². The van der Waals surface area contributed by atoms with Crippen molar-refractivity contribution in [1.82, 2.24) is 30.1 Å². The van der Waals surface area contributed by atoms with Gasteiger partial charge in [-0.25, -0.2) is 19.7 Å². The van der Waals surface area contributed by atoms with Crippen LogP contribution >= 0.6 is 22.9 Å². The van der Waals surface area contributed by atoms with Crippen molar-refractivity contribution < 1.29 is 9.53 Å². The Bertz CT molecular complexity index is 1210. The van der Waals surface area contributed by atoms with Gasteiger partial charge < -0.3 is 25.2 Å². The Morgan fingerprint density at radius 1 is 1.20 bits per heavy atom. The van der Waals surface area contributed by atoms with Crippen LogP contribution in [0.1, 0.15) is 34.8 Å². The summed E-state index contributed by atoms with van der Waals surface area (Å²) in [5.41, 5.74) is 4.10. The number of hydrogen-bond donors (Lipinski definition) is 2. The lowest BCUT2D eigenvalue weighted by Gasteiger charge is -2.30. The lowest BCUT2D eigenvalue weighted by Crippen LogP contribution is -2.46. The maximum atomic E-state index is 13.0. The highest BCUT2D eigenvalue weighted by Crippen LogP contribution is 2.35. The third kappa shape index (κ3) is 5.11. The van der Waals surface area contributed by atoms with Crippen molar-refractivity contribution >= 4 is 34.8 Å². The molecule has 35 heavy (non-hydrogen) atoms. The van der Waals surface area contributed by atoms with Crippen LogP contribution in [0.2, 0.25) is 5.28 Å². The number of amides is 2. The van der Waals surface area contributed by atoms with Gasteiger partial charge in [-0.05, 0) is 36.7 Å². The fourth-order valence-corrected chi connectivity index (χ4v) is 5.59. The highest BCUT2D eigenvalue weighted by molar-refractivity contribution is 7.15. The SMILES string of the molecule is CNCc1ccccc1-c1cnc(C(C)Nc2nc(Cl)nc3c2CN(C(=O)N2CCOCC2)C3)s1. The summed E-state index contributed by atoms with van der Waals surface area (Å²) in [6, 6.07) is 8.25. The maximum Gasteiger partial charge on any atom is 0.320 e. The summed E-state index contributed by atoms with van der Waals surface area (Å²) in [5.74, 6) is 0.650. The molecule has 1 saturated heterocycles. The van der Waals surface area contributed by atoms with E-state index in [0.29, 0.717) is 45.2 Å². The van der Waals surface area contributed by atoms with E-state index in [9.17, 15) is 4.79 Å². The lowest BCUT2D eigenvalue weighted by atomic mass is 10.1. The zero-order valence-corrected chi connectivity index (χ0v) is 21.3. The molecule has 2 aromatic heterocycles. The Morgan fingerprint density at radius 2 is 2.00 bits per heavy atom. The van der Waals surface area contributed by atoms with Crippen LogP contribution in [0, 0.1) is 0 Å². The minimum absolute atomic E-state index is 0.00813. The average molecular weight is 514 g/mol. The molecule has 0 radical (unpaired) electrons. The van der Waals surface area contributed by atoms with Gasteiger partial charge in [0.25, 0.3) is 0 Å². The van der Waals surface area contributed by atoms with Gasteiger partial charge >= 0.3 is 6.03 Å². The molecule has 9 nitrogen and oxygen atoms in total. The molecule has 184 valence electrons. The number of anilines is 1. The zero-order chi connectivity index (χ0) is 24.4. The van der Waals surface area contributed by atoms with Gasteiger partial charge in [0.05, 0.1) is 42.9 Å². The summed E-state index contributed by atoms with van der Waals surface area (Å²) in [5, 5.41) is 7.81. The molecule has 3 aromatic rings. The van der Waals surface area contributed by atoms with E-state index in [1.807, 2.05) is 24.2 Å². The number of nitrogens with one attached hydrogen (secondary N) is 2. The standard InChI is InChI=1S/C24H28ClN7O2S/c1-15(22-27-12-20(35-22)17-6-4-3-5-16(17)11-26-2)28-21-18-13-32(14-19(18)29-23(25)30-21)24(33)31-7-9-34-10-8-31/h3-6,12,15,26H,7-11,13-14H2,1-2H3,(H,28,29,30). The molecule has 5 rings (SSSR count). The van der Waals surface area contributed by atoms with E-state index in [-0.39, 0.29) is 17.4 Å². The van der Waals surface area contributed by atoms with Crippen molar-refractivity contribution in [2.24, 2.45) is 0 Å². The molecule has 2 aliphatic heterocycles. The van der Waals surface area contributed by atoms with E-state index >= 15 is 0 Å². The van der Waals surface area contributed by atoms with E-state index in [1.165, 1.54) is 11.1 Å². The first-order valence-corrected chi connectivity index (χ1v) is 12.8. The number of aromatic nitrogens is 3. The van der Waals surface area contributed by atoms with Gasteiger partial charge in [0, 0.05) is 31.4 Å². The highest BCUT2D eigenvalue weighted by Gasteiger charge is 2.32. The first-order valence-electron chi connectivity index (χ1n) is 11.7. The number of ether oxygens (including phenoxy) is 1. The number of morpholine rings is 1. The number of benzene rings is 1.